The minimum Gasteiger partial charge on any atom is -0.435 e. The van der Waals surface area contributed by atoms with E-state index in [0.717, 1.165) is 29.1 Å². The third-order valence-corrected chi connectivity index (χ3v) is 6.14. The Morgan fingerprint density at radius 3 is 2.62 bits per heavy atom. The molecule has 9 nitrogen and oxygen atoms in total. The normalized spacial score (nSPS) is 15.6. The second-order valence-corrected chi connectivity index (χ2v) is 8.53. The lowest BCUT2D eigenvalue weighted by atomic mass is 10.1. The van der Waals surface area contributed by atoms with Crippen molar-refractivity contribution < 1.29 is 23.0 Å². The second-order valence-electron chi connectivity index (χ2n) is 8.53. The summed E-state index contributed by atoms with van der Waals surface area (Å²) in [5, 5.41) is 3.28. The van der Waals surface area contributed by atoms with Crippen LogP contribution < -0.4 is 20.7 Å². The Morgan fingerprint density at radius 2 is 1.89 bits per heavy atom. The van der Waals surface area contributed by atoms with Gasteiger partial charge in [0.15, 0.2) is 11.5 Å². The van der Waals surface area contributed by atoms with Gasteiger partial charge in [0, 0.05) is 42.4 Å². The topological polar surface area (TPSA) is 107 Å². The van der Waals surface area contributed by atoms with Crippen molar-refractivity contribution in [2.45, 2.75) is 13.0 Å². The number of nitrogens with one attached hydrogen (secondary N) is 1. The lowest BCUT2D eigenvalue weighted by molar-refractivity contribution is -0.122. The van der Waals surface area contributed by atoms with Gasteiger partial charge in [-0.3, -0.25) is 9.20 Å². The van der Waals surface area contributed by atoms with Crippen LogP contribution in [0.3, 0.4) is 0 Å². The largest absolute Gasteiger partial charge is 0.435 e. The van der Waals surface area contributed by atoms with Crippen molar-refractivity contribution in [3.05, 3.63) is 67.1 Å². The molecule has 1 aliphatic heterocycles. The van der Waals surface area contributed by atoms with Crippen LogP contribution in [-0.2, 0) is 9.53 Å². The first-order valence-electron chi connectivity index (χ1n) is 11.9. The van der Waals surface area contributed by atoms with Gasteiger partial charge in [-0.1, -0.05) is 0 Å². The molecule has 11 heteroatoms. The number of imidazole rings is 1. The molecular weight excluding hydrogens is 482 g/mol. The third-order valence-electron chi connectivity index (χ3n) is 6.14. The first-order valence-corrected chi connectivity index (χ1v) is 11.9. The van der Waals surface area contributed by atoms with E-state index in [1.807, 2.05) is 28.7 Å². The van der Waals surface area contributed by atoms with Crippen molar-refractivity contribution in [2.75, 3.05) is 36.5 Å². The maximum absolute atomic E-state index is 12.7. The van der Waals surface area contributed by atoms with Gasteiger partial charge in [0.1, 0.15) is 5.75 Å². The van der Waals surface area contributed by atoms with E-state index in [2.05, 4.69) is 20.0 Å². The van der Waals surface area contributed by atoms with Gasteiger partial charge in [0.25, 0.3) is 0 Å². The fraction of sp³-hybridized carbons (Fsp3) is 0.269. The van der Waals surface area contributed by atoms with Crippen LogP contribution in [-0.4, -0.2) is 53.2 Å². The highest BCUT2D eigenvalue weighted by Crippen LogP contribution is 2.29. The lowest BCUT2D eigenvalue weighted by Crippen LogP contribution is -2.29. The first kappa shape index (κ1) is 24.6. The van der Waals surface area contributed by atoms with Crippen molar-refractivity contribution in [2.24, 2.45) is 11.7 Å². The van der Waals surface area contributed by atoms with Crippen LogP contribution in [0.2, 0.25) is 0 Å². The van der Waals surface area contributed by atoms with E-state index in [4.69, 9.17) is 10.5 Å². The van der Waals surface area contributed by atoms with Crippen LogP contribution in [0.5, 0.6) is 5.75 Å². The van der Waals surface area contributed by atoms with Crippen LogP contribution in [0.15, 0.2) is 67.1 Å². The number of alkyl halides is 2. The van der Waals surface area contributed by atoms with Gasteiger partial charge in [0.05, 0.1) is 31.0 Å². The van der Waals surface area contributed by atoms with E-state index >= 15 is 0 Å². The molecule has 1 unspecified atom stereocenters. The number of rotatable bonds is 10. The highest BCUT2D eigenvalue weighted by Gasteiger charge is 2.32. The molecule has 4 aromatic rings. The molecule has 1 atom stereocenters. The standard InChI is InChI=1S/C26H26F2N6O3/c27-26(28)37-21-7-1-17(2-8-21)22-15-31-24-23(30-11-13-34(22)24)32-19-3-5-20(6-4-19)33-12-9-18(25(33)35)16-36-14-10-29/h1-8,11,13,15,18,26H,9-10,12,14,16,29H2,(H,30,32). The summed E-state index contributed by atoms with van der Waals surface area (Å²) in [5.74, 6) is 0.552. The van der Waals surface area contributed by atoms with E-state index in [1.54, 1.807) is 35.6 Å². The zero-order valence-corrected chi connectivity index (χ0v) is 19.9. The van der Waals surface area contributed by atoms with Crippen LogP contribution >= 0.6 is 0 Å². The Bertz CT molecular complexity index is 1360. The van der Waals surface area contributed by atoms with Gasteiger partial charge in [-0.2, -0.15) is 8.78 Å². The SMILES string of the molecule is NCCOCC1CCN(c2ccc(Nc3nccn4c(-c5ccc(OC(F)F)cc5)cnc34)cc2)C1=O. The van der Waals surface area contributed by atoms with Gasteiger partial charge in [-0.25, -0.2) is 9.97 Å². The van der Waals surface area contributed by atoms with Crippen molar-refractivity contribution in [3.8, 4) is 17.0 Å². The maximum Gasteiger partial charge on any atom is 0.387 e. The predicted octanol–water partition coefficient (Wildman–Crippen LogP) is 4.07. The number of amides is 1. The number of hydrogen-bond donors (Lipinski definition) is 2. The molecular formula is C26H26F2N6O3. The van der Waals surface area contributed by atoms with Crippen LogP contribution in [0.1, 0.15) is 6.42 Å². The fourth-order valence-electron chi connectivity index (χ4n) is 4.35. The number of nitrogens with zero attached hydrogens (tertiary/aromatic N) is 4. The molecule has 2 aromatic carbocycles. The number of halogens is 2. The Labute approximate surface area is 211 Å². The summed E-state index contributed by atoms with van der Waals surface area (Å²) < 4.78 is 36.6. The highest BCUT2D eigenvalue weighted by atomic mass is 19.3. The molecule has 2 aromatic heterocycles. The molecule has 1 amide bonds. The monoisotopic (exact) mass is 508 g/mol. The Morgan fingerprint density at radius 1 is 1.11 bits per heavy atom. The van der Waals surface area contributed by atoms with Crippen molar-refractivity contribution in [1.82, 2.24) is 14.4 Å². The van der Waals surface area contributed by atoms with Crippen molar-refractivity contribution >= 4 is 28.7 Å². The molecule has 0 saturated carbocycles. The fourth-order valence-corrected chi connectivity index (χ4v) is 4.35. The molecule has 0 aliphatic carbocycles. The minimum atomic E-state index is -2.87. The number of fused-ring (bicyclic) bond motifs is 1. The molecule has 1 fully saturated rings. The number of nitrogens with two attached hydrogens (primary N) is 1. The number of ether oxygens (including phenoxy) is 2. The van der Waals surface area contributed by atoms with E-state index < -0.39 is 6.61 Å². The summed E-state index contributed by atoms with van der Waals surface area (Å²) in [6.45, 7) is -0.944. The van der Waals surface area contributed by atoms with Gasteiger partial charge >= 0.3 is 6.61 Å². The number of carbonyl (C=O) groups excluding carboxylic acids is 1. The van der Waals surface area contributed by atoms with Gasteiger partial charge in [-0.05, 0) is 55.0 Å². The van der Waals surface area contributed by atoms with Crippen molar-refractivity contribution in [1.29, 1.82) is 0 Å². The van der Waals surface area contributed by atoms with E-state index in [9.17, 15) is 13.6 Å². The van der Waals surface area contributed by atoms with E-state index in [-0.39, 0.29) is 17.6 Å². The number of benzene rings is 2. The van der Waals surface area contributed by atoms with E-state index in [0.29, 0.717) is 37.8 Å². The van der Waals surface area contributed by atoms with Crippen molar-refractivity contribution in [3.63, 3.8) is 0 Å². The number of aromatic nitrogens is 3. The molecule has 5 rings (SSSR count). The minimum absolute atomic E-state index is 0.0582. The number of anilines is 3. The molecule has 3 N–H and O–H groups in total. The molecule has 0 spiro atoms. The summed E-state index contributed by atoms with van der Waals surface area (Å²) in [7, 11) is 0. The average Bonchev–Trinajstić information content (AvgIpc) is 3.49. The summed E-state index contributed by atoms with van der Waals surface area (Å²) in [6, 6.07) is 13.9. The summed E-state index contributed by atoms with van der Waals surface area (Å²) in [5.41, 5.74) is 9.23. The summed E-state index contributed by atoms with van der Waals surface area (Å²) in [4.78, 5) is 23.5. The average molecular weight is 509 g/mol. The number of hydrogen-bond acceptors (Lipinski definition) is 7. The zero-order valence-electron chi connectivity index (χ0n) is 19.9. The molecule has 3 heterocycles. The molecule has 1 aliphatic rings. The predicted molar refractivity (Wildman–Crippen MR) is 135 cm³/mol. The molecule has 0 bridgehead atoms. The summed E-state index contributed by atoms with van der Waals surface area (Å²) >= 11 is 0. The summed E-state index contributed by atoms with van der Waals surface area (Å²) in [6.07, 6.45) is 5.88. The zero-order chi connectivity index (χ0) is 25.8. The Kier molecular flexibility index (Phi) is 7.24. The first-order chi connectivity index (χ1) is 18.0. The molecule has 192 valence electrons. The van der Waals surface area contributed by atoms with Gasteiger partial charge in [-0.15, -0.1) is 0 Å². The lowest BCUT2D eigenvalue weighted by Gasteiger charge is -2.17. The number of carbonyl (C=O) groups is 1. The smallest absolute Gasteiger partial charge is 0.387 e. The Hall–Kier alpha value is -4.09. The highest BCUT2D eigenvalue weighted by molar-refractivity contribution is 5.97. The third kappa shape index (κ3) is 5.37. The van der Waals surface area contributed by atoms with Gasteiger partial charge < -0.3 is 25.4 Å². The van der Waals surface area contributed by atoms with Gasteiger partial charge in [0.2, 0.25) is 5.91 Å². The molecule has 0 radical (unpaired) electrons. The van der Waals surface area contributed by atoms with E-state index in [1.165, 1.54) is 12.1 Å². The molecule has 37 heavy (non-hydrogen) atoms. The Balaban J connectivity index is 1.29. The molecule has 1 saturated heterocycles. The quantitative estimate of drug-likeness (QED) is 0.311. The second kappa shape index (κ2) is 10.9. The van der Waals surface area contributed by atoms with Crippen LogP contribution in [0.4, 0.5) is 26.0 Å². The van der Waals surface area contributed by atoms with Crippen LogP contribution in [0.25, 0.3) is 16.9 Å². The maximum atomic E-state index is 12.7. The van der Waals surface area contributed by atoms with Crippen LogP contribution in [0, 0.1) is 5.92 Å².